The molecule has 1 fully saturated rings. The molecule has 0 unspecified atom stereocenters. The van der Waals surface area contributed by atoms with Crippen molar-refractivity contribution in [2.45, 2.75) is 0 Å². The zero-order chi connectivity index (χ0) is 9.10. The highest BCUT2D eigenvalue weighted by Gasteiger charge is 2.19. The molecular weight excluding hydrogens is 206 g/mol. The topological polar surface area (TPSA) is 46.1 Å². The van der Waals surface area contributed by atoms with Crippen LogP contribution in [0.15, 0.2) is 5.38 Å². The Hall–Kier alpha value is -0.620. The van der Waals surface area contributed by atoms with Gasteiger partial charge in [-0.2, -0.15) is 11.8 Å². The van der Waals surface area contributed by atoms with Crippen molar-refractivity contribution in [3.63, 3.8) is 0 Å². The number of carbonyl (C=O) groups is 1. The van der Waals surface area contributed by atoms with Crippen LogP contribution in [0.1, 0.15) is 10.5 Å². The summed E-state index contributed by atoms with van der Waals surface area (Å²) in [7, 11) is 0. The van der Waals surface area contributed by atoms with Crippen molar-refractivity contribution < 1.29 is 4.79 Å². The van der Waals surface area contributed by atoms with Gasteiger partial charge in [0.15, 0.2) is 5.69 Å². The Kier molecular flexibility index (Phi) is 2.80. The molecule has 0 spiro atoms. The van der Waals surface area contributed by atoms with Crippen LogP contribution >= 0.6 is 23.3 Å². The van der Waals surface area contributed by atoms with Crippen molar-refractivity contribution >= 4 is 29.2 Å². The quantitative estimate of drug-likeness (QED) is 0.693. The van der Waals surface area contributed by atoms with Gasteiger partial charge in [-0.25, -0.2) is 0 Å². The molecule has 1 aromatic rings. The summed E-state index contributed by atoms with van der Waals surface area (Å²) in [6.45, 7) is 1.67. The second-order valence-electron chi connectivity index (χ2n) is 2.69. The van der Waals surface area contributed by atoms with E-state index in [9.17, 15) is 4.79 Å². The molecule has 2 rings (SSSR count). The minimum absolute atomic E-state index is 0.0223. The lowest BCUT2D eigenvalue weighted by molar-refractivity contribution is 0.0766. The summed E-state index contributed by atoms with van der Waals surface area (Å²) in [5, 5.41) is 5.46. The fraction of sp³-hybridized carbons (Fsp3) is 0.571. The smallest absolute Gasteiger partial charge is 0.275 e. The van der Waals surface area contributed by atoms with E-state index in [0.717, 1.165) is 24.6 Å². The van der Waals surface area contributed by atoms with Gasteiger partial charge in [0.25, 0.3) is 5.91 Å². The molecule has 0 atom stereocenters. The van der Waals surface area contributed by atoms with Gasteiger partial charge in [0.05, 0.1) is 0 Å². The highest BCUT2D eigenvalue weighted by molar-refractivity contribution is 7.99. The zero-order valence-corrected chi connectivity index (χ0v) is 8.61. The van der Waals surface area contributed by atoms with Crippen molar-refractivity contribution in [3.8, 4) is 0 Å². The SMILES string of the molecule is O=C(c1csnn1)N1CCSCC1. The maximum Gasteiger partial charge on any atom is 0.275 e. The Balaban J connectivity index is 2.04. The van der Waals surface area contributed by atoms with Gasteiger partial charge >= 0.3 is 0 Å². The predicted octanol–water partition coefficient (Wildman–Crippen LogP) is 0.727. The van der Waals surface area contributed by atoms with Crippen LogP contribution in [0.5, 0.6) is 0 Å². The minimum atomic E-state index is 0.0223. The largest absolute Gasteiger partial charge is 0.336 e. The van der Waals surface area contributed by atoms with Crippen molar-refractivity contribution in [3.05, 3.63) is 11.1 Å². The molecule has 1 saturated heterocycles. The van der Waals surface area contributed by atoms with Gasteiger partial charge in [-0.05, 0) is 11.5 Å². The third-order valence-corrected chi connectivity index (χ3v) is 3.32. The van der Waals surface area contributed by atoms with Crippen LogP contribution < -0.4 is 0 Å². The number of carbonyl (C=O) groups excluding carboxylic acids is 1. The van der Waals surface area contributed by atoms with E-state index >= 15 is 0 Å². The van der Waals surface area contributed by atoms with Crippen LogP contribution in [0, 0.1) is 0 Å². The van der Waals surface area contributed by atoms with E-state index in [1.807, 2.05) is 16.7 Å². The predicted molar refractivity (Wildman–Crippen MR) is 53.1 cm³/mol. The lowest BCUT2D eigenvalue weighted by Crippen LogP contribution is -2.38. The summed E-state index contributed by atoms with van der Waals surface area (Å²) in [4.78, 5) is 13.5. The van der Waals surface area contributed by atoms with Crippen molar-refractivity contribution in [1.82, 2.24) is 14.5 Å². The Bertz CT molecular complexity index is 282. The third-order valence-electron chi connectivity index (χ3n) is 1.88. The molecule has 6 heteroatoms. The third kappa shape index (κ3) is 2.00. The van der Waals surface area contributed by atoms with Gasteiger partial charge in [-0.3, -0.25) is 4.79 Å². The summed E-state index contributed by atoms with van der Waals surface area (Å²) in [6, 6.07) is 0. The number of nitrogens with zero attached hydrogens (tertiary/aromatic N) is 3. The van der Waals surface area contributed by atoms with E-state index in [1.54, 1.807) is 5.38 Å². The first-order valence-corrected chi connectivity index (χ1v) is 6.01. The molecule has 0 radical (unpaired) electrons. The zero-order valence-electron chi connectivity index (χ0n) is 6.97. The summed E-state index contributed by atoms with van der Waals surface area (Å²) in [5.74, 6) is 2.08. The van der Waals surface area contributed by atoms with Crippen molar-refractivity contribution in [1.29, 1.82) is 0 Å². The molecule has 4 nitrogen and oxygen atoms in total. The van der Waals surface area contributed by atoms with Gasteiger partial charge in [0.1, 0.15) is 0 Å². The Labute approximate surface area is 84.5 Å². The maximum atomic E-state index is 11.7. The van der Waals surface area contributed by atoms with Gasteiger partial charge in [-0.1, -0.05) is 4.49 Å². The molecule has 13 heavy (non-hydrogen) atoms. The lowest BCUT2D eigenvalue weighted by atomic mass is 10.4. The molecule has 1 amide bonds. The molecule has 0 bridgehead atoms. The second kappa shape index (κ2) is 4.06. The van der Waals surface area contributed by atoms with E-state index < -0.39 is 0 Å². The molecule has 2 heterocycles. The molecule has 0 aromatic carbocycles. The van der Waals surface area contributed by atoms with E-state index in [0.29, 0.717) is 5.69 Å². The summed E-state index contributed by atoms with van der Waals surface area (Å²) in [5.41, 5.74) is 0.483. The number of hydrogen-bond donors (Lipinski definition) is 0. The average molecular weight is 215 g/mol. The van der Waals surface area contributed by atoms with Gasteiger partial charge in [0, 0.05) is 30.0 Å². The molecule has 1 aliphatic rings. The number of rotatable bonds is 1. The molecular formula is C7H9N3OS2. The highest BCUT2D eigenvalue weighted by Crippen LogP contribution is 2.12. The van der Waals surface area contributed by atoms with Crippen LogP contribution in [0.3, 0.4) is 0 Å². The first-order valence-electron chi connectivity index (χ1n) is 4.02. The standard InChI is InChI=1S/C7H9N3OS2/c11-7(6-5-13-9-8-6)10-1-3-12-4-2-10/h5H,1-4H2. The van der Waals surface area contributed by atoms with Gasteiger partial charge in [-0.15, -0.1) is 5.10 Å². The fourth-order valence-electron chi connectivity index (χ4n) is 1.19. The van der Waals surface area contributed by atoms with E-state index in [2.05, 4.69) is 9.59 Å². The Morgan fingerprint density at radius 1 is 1.46 bits per heavy atom. The number of aromatic nitrogens is 2. The molecule has 70 valence electrons. The normalized spacial score (nSPS) is 17.4. The molecule has 1 aromatic heterocycles. The van der Waals surface area contributed by atoms with Crippen LogP contribution in [-0.4, -0.2) is 45.0 Å². The first kappa shape index (κ1) is 8.96. The van der Waals surface area contributed by atoms with E-state index in [1.165, 1.54) is 11.5 Å². The second-order valence-corrected chi connectivity index (χ2v) is 4.53. The fourth-order valence-corrected chi connectivity index (χ4v) is 2.52. The van der Waals surface area contributed by atoms with Crippen LogP contribution in [-0.2, 0) is 0 Å². The molecule has 0 saturated carbocycles. The van der Waals surface area contributed by atoms with Crippen molar-refractivity contribution in [2.24, 2.45) is 0 Å². The van der Waals surface area contributed by atoms with Crippen LogP contribution in [0.25, 0.3) is 0 Å². The van der Waals surface area contributed by atoms with Crippen LogP contribution in [0.4, 0.5) is 0 Å². The van der Waals surface area contributed by atoms with Crippen LogP contribution in [0.2, 0.25) is 0 Å². The summed E-state index contributed by atoms with van der Waals surface area (Å²) in [6.07, 6.45) is 0. The summed E-state index contributed by atoms with van der Waals surface area (Å²) >= 11 is 3.10. The monoisotopic (exact) mass is 215 g/mol. The summed E-state index contributed by atoms with van der Waals surface area (Å²) < 4.78 is 3.68. The van der Waals surface area contributed by atoms with Crippen molar-refractivity contribution in [2.75, 3.05) is 24.6 Å². The average Bonchev–Trinajstić information content (AvgIpc) is 2.71. The highest BCUT2D eigenvalue weighted by atomic mass is 32.2. The minimum Gasteiger partial charge on any atom is -0.336 e. The van der Waals surface area contributed by atoms with Gasteiger partial charge in [0.2, 0.25) is 0 Å². The van der Waals surface area contributed by atoms with E-state index in [4.69, 9.17) is 0 Å². The molecule has 0 N–H and O–H groups in total. The molecule has 1 aliphatic heterocycles. The maximum absolute atomic E-state index is 11.7. The lowest BCUT2D eigenvalue weighted by Gasteiger charge is -2.25. The number of hydrogen-bond acceptors (Lipinski definition) is 5. The Morgan fingerprint density at radius 2 is 2.23 bits per heavy atom. The van der Waals surface area contributed by atoms with Gasteiger partial charge < -0.3 is 4.90 Å². The Morgan fingerprint density at radius 3 is 2.85 bits per heavy atom. The van der Waals surface area contributed by atoms with E-state index in [-0.39, 0.29) is 5.91 Å². The number of thioether (sulfide) groups is 1. The molecule has 0 aliphatic carbocycles. The first-order chi connectivity index (χ1) is 6.38. The number of amides is 1.